The first-order chi connectivity index (χ1) is 27.5. The van der Waals surface area contributed by atoms with Gasteiger partial charge >= 0.3 is 0 Å². The standard InChI is InChI=1S/C54H47BN2/c1-53(2,3)40-23-26-49-44(31-40)46-32-41(54(4,5)6)33-47-52(46)57(49)50-30-39(35-17-11-8-12-18-35)28-45(51(50)55-47)43-27-37-19-13-14-20-38(37)29-48(43)56-42-24-21-36(22-25-42)34-15-9-7-10-16-34/h7-33,55-56H,1-6H3. The second kappa shape index (κ2) is 13.1. The number of nitrogens with zero attached hydrogens (tertiary/aromatic N) is 1. The van der Waals surface area contributed by atoms with Gasteiger partial charge in [0.25, 0.3) is 0 Å². The third-order valence-electron chi connectivity index (χ3n) is 12.1. The molecule has 0 spiro atoms. The van der Waals surface area contributed by atoms with E-state index in [9.17, 15) is 0 Å². The van der Waals surface area contributed by atoms with Gasteiger partial charge in [-0.25, -0.2) is 0 Å². The van der Waals surface area contributed by atoms with Crippen molar-refractivity contribution in [2.75, 3.05) is 5.32 Å². The molecule has 9 aromatic rings. The van der Waals surface area contributed by atoms with Gasteiger partial charge < -0.3 is 9.88 Å². The molecule has 0 atom stereocenters. The summed E-state index contributed by atoms with van der Waals surface area (Å²) in [4.78, 5) is 0. The Balaban J connectivity index is 1.25. The summed E-state index contributed by atoms with van der Waals surface area (Å²) in [5.74, 6) is 0. The number of fused-ring (bicyclic) bond motifs is 6. The maximum atomic E-state index is 3.91. The van der Waals surface area contributed by atoms with E-state index in [1.807, 2.05) is 0 Å². The summed E-state index contributed by atoms with van der Waals surface area (Å²) in [6, 6.07) is 60.9. The molecular formula is C54H47BN2. The molecule has 0 amide bonds. The van der Waals surface area contributed by atoms with E-state index in [2.05, 4.69) is 215 Å². The number of aromatic nitrogens is 1. The number of anilines is 2. The highest BCUT2D eigenvalue weighted by Crippen LogP contribution is 2.42. The van der Waals surface area contributed by atoms with Gasteiger partial charge in [-0.1, -0.05) is 156 Å². The zero-order valence-electron chi connectivity index (χ0n) is 33.7. The van der Waals surface area contributed by atoms with Crippen LogP contribution < -0.4 is 16.2 Å². The first-order valence-corrected chi connectivity index (χ1v) is 20.3. The molecule has 276 valence electrons. The van der Waals surface area contributed by atoms with Crippen molar-refractivity contribution in [1.82, 2.24) is 4.57 Å². The molecule has 1 aliphatic heterocycles. The molecule has 57 heavy (non-hydrogen) atoms. The third-order valence-corrected chi connectivity index (χ3v) is 12.1. The molecular weight excluding hydrogens is 687 g/mol. The van der Waals surface area contributed by atoms with E-state index in [0.29, 0.717) is 0 Å². The number of benzene rings is 8. The predicted molar refractivity (Wildman–Crippen MR) is 248 cm³/mol. The number of hydrogen-bond acceptors (Lipinski definition) is 1. The molecule has 3 heteroatoms. The van der Waals surface area contributed by atoms with Crippen molar-refractivity contribution in [3.8, 4) is 39.1 Å². The van der Waals surface area contributed by atoms with E-state index in [-0.39, 0.29) is 10.8 Å². The molecule has 1 N–H and O–H groups in total. The molecule has 0 aliphatic carbocycles. The van der Waals surface area contributed by atoms with Crippen molar-refractivity contribution in [3.63, 3.8) is 0 Å². The SMILES string of the molecule is CC(C)(C)c1ccc2c(c1)c1cc(C(C)(C)C)cc3c1n2-c1cc(-c2ccccc2)cc(-c2cc4ccccc4cc2Nc2ccc(-c4ccccc4)cc2)c1B3. The molecule has 0 fully saturated rings. The fourth-order valence-corrected chi connectivity index (χ4v) is 8.88. The van der Waals surface area contributed by atoms with Gasteiger partial charge in [-0.3, -0.25) is 0 Å². The Kier molecular flexibility index (Phi) is 8.09. The predicted octanol–water partition coefficient (Wildman–Crippen LogP) is 13.0. The van der Waals surface area contributed by atoms with Crippen molar-refractivity contribution in [1.29, 1.82) is 0 Å². The van der Waals surface area contributed by atoms with Crippen molar-refractivity contribution >= 4 is 62.2 Å². The summed E-state index contributed by atoms with van der Waals surface area (Å²) < 4.78 is 2.59. The molecule has 2 nitrogen and oxygen atoms in total. The normalized spacial score (nSPS) is 12.5. The number of rotatable bonds is 5. The molecule has 0 bridgehead atoms. The van der Waals surface area contributed by atoms with Crippen molar-refractivity contribution < 1.29 is 0 Å². The van der Waals surface area contributed by atoms with Gasteiger partial charge in [-0.05, 0) is 121 Å². The van der Waals surface area contributed by atoms with Crippen molar-refractivity contribution in [2.45, 2.75) is 52.4 Å². The van der Waals surface area contributed by atoms with Crippen molar-refractivity contribution in [3.05, 3.63) is 175 Å². The lowest BCUT2D eigenvalue weighted by Gasteiger charge is -2.27. The minimum Gasteiger partial charge on any atom is -0.355 e. The number of nitrogens with one attached hydrogen (secondary N) is 1. The van der Waals surface area contributed by atoms with Crippen LogP contribution in [0.1, 0.15) is 52.7 Å². The molecule has 0 unspecified atom stereocenters. The lowest BCUT2D eigenvalue weighted by molar-refractivity contribution is 0.590. The maximum absolute atomic E-state index is 3.91. The van der Waals surface area contributed by atoms with E-state index in [1.165, 1.54) is 93.7 Å². The topological polar surface area (TPSA) is 17.0 Å². The van der Waals surface area contributed by atoms with E-state index < -0.39 is 0 Å². The molecule has 2 heterocycles. The molecule has 1 aliphatic rings. The molecule has 8 aromatic carbocycles. The van der Waals surface area contributed by atoms with Crippen LogP contribution >= 0.6 is 0 Å². The fraction of sp³-hybridized carbons (Fsp3) is 0.148. The first kappa shape index (κ1) is 35.1. The van der Waals surface area contributed by atoms with Crippen LogP contribution in [-0.4, -0.2) is 11.8 Å². The van der Waals surface area contributed by atoms with Crippen LogP contribution in [0.4, 0.5) is 11.4 Å². The Morgan fingerprint density at radius 1 is 0.474 bits per heavy atom. The first-order valence-electron chi connectivity index (χ1n) is 20.3. The Labute approximate surface area is 337 Å². The highest BCUT2D eigenvalue weighted by Gasteiger charge is 2.30. The largest absolute Gasteiger partial charge is 0.355 e. The van der Waals surface area contributed by atoms with Crippen LogP contribution in [0.2, 0.25) is 0 Å². The Morgan fingerprint density at radius 2 is 1.07 bits per heavy atom. The van der Waals surface area contributed by atoms with Gasteiger partial charge in [-0.15, -0.1) is 0 Å². The highest BCUT2D eigenvalue weighted by atomic mass is 15.0. The average molecular weight is 735 g/mol. The summed E-state index contributed by atoms with van der Waals surface area (Å²) in [5.41, 5.74) is 18.9. The van der Waals surface area contributed by atoms with E-state index in [1.54, 1.807) is 0 Å². The minimum absolute atomic E-state index is 0.00647. The molecule has 0 saturated heterocycles. The van der Waals surface area contributed by atoms with Crippen LogP contribution in [0, 0.1) is 0 Å². The Morgan fingerprint density at radius 3 is 1.74 bits per heavy atom. The van der Waals surface area contributed by atoms with Crippen LogP contribution in [0.5, 0.6) is 0 Å². The minimum atomic E-state index is 0.00647. The molecule has 1 aromatic heterocycles. The van der Waals surface area contributed by atoms with E-state index in [0.717, 1.165) is 18.7 Å². The zero-order valence-corrected chi connectivity index (χ0v) is 33.7. The zero-order chi connectivity index (χ0) is 39.1. The summed E-state index contributed by atoms with van der Waals surface area (Å²) in [6.45, 7) is 14.0. The van der Waals surface area contributed by atoms with Crippen LogP contribution in [0.15, 0.2) is 164 Å². The highest BCUT2D eigenvalue weighted by molar-refractivity contribution is 6.73. The number of hydrogen-bond donors (Lipinski definition) is 1. The van der Waals surface area contributed by atoms with Crippen LogP contribution in [-0.2, 0) is 10.8 Å². The van der Waals surface area contributed by atoms with E-state index >= 15 is 0 Å². The lowest BCUT2D eigenvalue weighted by Crippen LogP contribution is -2.38. The summed E-state index contributed by atoms with van der Waals surface area (Å²) in [6.07, 6.45) is 0. The van der Waals surface area contributed by atoms with Gasteiger partial charge in [0, 0.05) is 38.9 Å². The summed E-state index contributed by atoms with van der Waals surface area (Å²) >= 11 is 0. The monoisotopic (exact) mass is 734 g/mol. The van der Waals surface area contributed by atoms with Gasteiger partial charge in [0.15, 0.2) is 7.28 Å². The van der Waals surface area contributed by atoms with Gasteiger partial charge in [0.05, 0.1) is 5.52 Å². The van der Waals surface area contributed by atoms with Gasteiger partial charge in [0.1, 0.15) is 0 Å². The molecule has 0 saturated carbocycles. The van der Waals surface area contributed by atoms with Crippen LogP contribution in [0.3, 0.4) is 0 Å². The third kappa shape index (κ3) is 6.14. The lowest BCUT2D eigenvalue weighted by atomic mass is 9.58. The smallest absolute Gasteiger partial charge is 0.198 e. The quantitative estimate of drug-likeness (QED) is 0.174. The second-order valence-electron chi connectivity index (χ2n) is 18.0. The average Bonchev–Trinajstić information content (AvgIpc) is 3.55. The van der Waals surface area contributed by atoms with Crippen LogP contribution in [0.25, 0.3) is 71.6 Å². The van der Waals surface area contributed by atoms with E-state index in [4.69, 9.17) is 0 Å². The summed E-state index contributed by atoms with van der Waals surface area (Å²) in [7, 11) is 0.848. The summed E-state index contributed by atoms with van der Waals surface area (Å²) in [5, 5.41) is 9.04. The Bertz CT molecular complexity index is 3000. The maximum Gasteiger partial charge on any atom is 0.198 e. The molecule has 0 radical (unpaired) electrons. The molecule has 10 rings (SSSR count). The fourth-order valence-electron chi connectivity index (χ4n) is 8.88. The Hall–Kier alpha value is -6.32. The van der Waals surface area contributed by atoms with Crippen molar-refractivity contribution in [2.24, 2.45) is 0 Å². The van der Waals surface area contributed by atoms with Gasteiger partial charge in [0.2, 0.25) is 0 Å². The second-order valence-corrected chi connectivity index (χ2v) is 18.0. The van der Waals surface area contributed by atoms with Gasteiger partial charge in [-0.2, -0.15) is 0 Å².